The highest BCUT2D eigenvalue weighted by atomic mass is 16.5. The van der Waals surface area contributed by atoms with Crippen LogP contribution in [0.1, 0.15) is 37.7 Å². The molecule has 1 atom stereocenters. The van der Waals surface area contributed by atoms with Crippen molar-refractivity contribution < 1.29 is 14.3 Å². The number of nitrogens with zero attached hydrogens (tertiary/aromatic N) is 2. The summed E-state index contributed by atoms with van der Waals surface area (Å²) in [5, 5.41) is 0. The van der Waals surface area contributed by atoms with E-state index in [1.54, 1.807) is 13.2 Å². The Morgan fingerprint density at radius 2 is 2.19 bits per heavy atom. The standard InChI is InChI=1S/C21H28N2O3/c1-3-4-9-19(24)23-13-11-21(16-23)10-6-12-22(20(21)25)15-17-7-5-8-18(14-17)26-2/h3,5,7-8,14H,1,4,6,9-13,15-16H2,2H3/t21-/m1/s1. The van der Waals surface area contributed by atoms with Crippen LogP contribution in [-0.4, -0.2) is 48.4 Å². The van der Waals surface area contributed by atoms with E-state index in [9.17, 15) is 9.59 Å². The summed E-state index contributed by atoms with van der Waals surface area (Å²) in [5.74, 6) is 1.15. The van der Waals surface area contributed by atoms with E-state index in [1.165, 1.54) is 0 Å². The summed E-state index contributed by atoms with van der Waals surface area (Å²) >= 11 is 0. The van der Waals surface area contributed by atoms with E-state index in [1.807, 2.05) is 34.1 Å². The second kappa shape index (κ2) is 7.94. The number of hydrogen-bond donors (Lipinski definition) is 0. The summed E-state index contributed by atoms with van der Waals surface area (Å²) in [4.78, 5) is 29.4. The van der Waals surface area contributed by atoms with Gasteiger partial charge in [0, 0.05) is 32.6 Å². The van der Waals surface area contributed by atoms with Gasteiger partial charge in [0.1, 0.15) is 5.75 Å². The van der Waals surface area contributed by atoms with Crippen LogP contribution in [0.3, 0.4) is 0 Å². The first kappa shape index (κ1) is 18.5. The Bertz CT molecular complexity index is 688. The van der Waals surface area contributed by atoms with Crippen molar-refractivity contribution in [1.82, 2.24) is 9.80 Å². The first-order valence-corrected chi connectivity index (χ1v) is 9.39. The Kier molecular flexibility index (Phi) is 5.64. The molecule has 0 saturated carbocycles. The Labute approximate surface area is 155 Å². The molecule has 0 N–H and O–H groups in total. The van der Waals surface area contributed by atoms with Crippen molar-refractivity contribution in [1.29, 1.82) is 0 Å². The summed E-state index contributed by atoms with van der Waals surface area (Å²) in [5.41, 5.74) is 0.688. The fourth-order valence-electron chi connectivity index (χ4n) is 4.14. The van der Waals surface area contributed by atoms with Gasteiger partial charge in [0.2, 0.25) is 11.8 Å². The van der Waals surface area contributed by atoms with Gasteiger partial charge >= 0.3 is 0 Å². The molecule has 2 fully saturated rings. The number of ether oxygens (including phenoxy) is 1. The number of amides is 2. The van der Waals surface area contributed by atoms with Crippen molar-refractivity contribution in [3.63, 3.8) is 0 Å². The zero-order valence-electron chi connectivity index (χ0n) is 15.6. The second-order valence-electron chi connectivity index (χ2n) is 7.35. The van der Waals surface area contributed by atoms with Crippen molar-refractivity contribution in [2.75, 3.05) is 26.7 Å². The van der Waals surface area contributed by atoms with Crippen molar-refractivity contribution >= 4 is 11.8 Å². The maximum absolute atomic E-state index is 13.2. The number of hydrogen-bond acceptors (Lipinski definition) is 3. The third-order valence-electron chi connectivity index (χ3n) is 5.60. The second-order valence-corrected chi connectivity index (χ2v) is 7.35. The third kappa shape index (κ3) is 3.76. The van der Waals surface area contributed by atoms with E-state index in [-0.39, 0.29) is 17.2 Å². The topological polar surface area (TPSA) is 49.9 Å². The molecule has 5 heteroatoms. The molecule has 2 saturated heterocycles. The molecule has 0 bridgehead atoms. The lowest BCUT2D eigenvalue weighted by atomic mass is 9.78. The summed E-state index contributed by atoms with van der Waals surface area (Å²) in [7, 11) is 1.65. The molecule has 2 heterocycles. The molecule has 2 aliphatic heterocycles. The highest BCUT2D eigenvalue weighted by Crippen LogP contribution is 2.40. The van der Waals surface area contributed by atoms with Gasteiger partial charge in [-0.05, 0) is 43.4 Å². The molecule has 3 rings (SSSR count). The number of allylic oxidation sites excluding steroid dienone is 1. The Balaban J connectivity index is 1.67. The third-order valence-corrected chi connectivity index (χ3v) is 5.60. The molecule has 1 aromatic rings. The summed E-state index contributed by atoms with van der Waals surface area (Å²) in [6.45, 7) is 6.31. The maximum Gasteiger partial charge on any atom is 0.230 e. The van der Waals surface area contributed by atoms with Crippen LogP contribution in [0.2, 0.25) is 0 Å². The average molecular weight is 356 g/mol. The minimum absolute atomic E-state index is 0.138. The molecule has 26 heavy (non-hydrogen) atoms. The molecule has 1 aromatic carbocycles. The Morgan fingerprint density at radius 3 is 2.96 bits per heavy atom. The lowest BCUT2D eigenvalue weighted by Crippen LogP contribution is -2.50. The highest BCUT2D eigenvalue weighted by molar-refractivity contribution is 5.86. The monoisotopic (exact) mass is 356 g/mol. The number of carbonyl (C=O) groups excluding carboxylic acids is 2. The fraction of sp³-hybridized carbons (Fsp3) is 0.524. The quantitative estimate of drug-likeness (QED) is 0.736. The van der Waals surface area contributed by atoms with E-state index >= 15 is 0 Å². The molecular formula is C21H28N2O3. The molecule has 2 aliphatic rings. The number of likely N-dealkylation sites (tertiary alicyclic amines) is 2. The molecule has 0 aromatic heterocycles. The molecule has 5 nitrogen and oxygen atoms in total. The van der Waals surface area contributed by atoms with Gasteiger partial charge in [-0.1, -0.05) is 18.2 Å². The minimum Gasteiger partial charge on any atom is -0.497 e. The van der Waals surface area contributed by atoms with E-state index in [2.05, 4.69) is 6.58 Å². The summed E-state index contributed by atoms with van der Waals surface area (Å²) in [6, 6.07) is 7.87. The summed E-state index contributed by atoms with van der Waals surface area (Å²) < 4.78 is 5.28. The molecule has 1 spiro atoms. The number of benzene rings is 1. The van der Waals surface area contributed by atoms with Crippen LogP contribution in [0, 0.1) is 5.41 Å². The molecular weight excluding hydrogens is 328 g/mol. The van der Waals surface area contributed by atoms with Crippen LogP contribution in [0.25, 0.3) is 0 Å². The molecule has 140 valence electrons. The molecule has 0 unspecified atom stereocenters. The predicted octanol–water partition coefficient (Wildman–Crippen LogP) is 3.00. The minimum atomic E-state index is -0.388. The van der Waals surface area contributed by atoms with E-state index in [0.717, 1.165) is 37.1 Å². The fourth-order valence-corrected chi connectivity index (χ4v) is 4.14. The van der Waals surface area contributed by atoms with E-state index in [0.29, 0.717) is 32.5 Å². The number of rotatable bonds is 6. The highest BCUT2D eigenvalue weighted by Gasteiger charge is 2.49. The number of methoxy groups -OCH3 is 1. The van der Waals surface area contributed by atoms with Crippen molar-refractivity contribution in [3.05, 3.63) is 42.5 Å². The number of piperidine rings is 1. The van der Waals surface area contributed by atoms with Crippen molar-refractivity contribution in [3.8, 4) is 5.75 Å². The van der Waals surface area contributed by atoms with Gasteiger partial charge in [-0.2, -0.15) is 0 Å². The van der Waals surface area contributed by atoms with Crippen LogP contribution < -0.4 is 4.74 Å². The molecule has 2 amide bonds. The van der Waals surface area contributed by atoms with Crippen LogP contribution in [0.4, 0.5) is 0 Å². The van der Waals surface area contributed by atoms with Gasteiger partial charge in [-0.25, -0.2) is 0 Å². The van der Waals surface area contributed by atoms with Gasteiger partial charge in [-0.15, -0.1) is 6.58 Å². The van der Waals surface area contributed by atoms with Gasteiger partial charge in [-0.3, -0.25) is 9.59 Å². The van der Waals surface area contributed by atoms with Crippen LogP contribution >= 0.6 is 0 Å². The van der Waals surface area contributed by atoms with E-state index < -0.39 is 0 Å². The average Bonchev–Trinajstić information content (AvgIpc) is 3.09. The molecule has 0 radical (unpaired) electrons. The first-order valence-electron chi connectivity index (χ1n) is 9.39. The zero-order valence-corrected chi connectivity index (χ0v) is 15.6. The lowest BCUT2D eigenvalue weighted by molar-refractivity contribution is -0.146. The predicted molar refractivity (Wildman–Crippen MR) is 101 cm³/mol. The Morgan fingerprint density at radius 1 is 1.35 bits per heavy atom. The summed E-state index contributed by atoms with van der Waals surface area (Å²) in [6.07, 6.45) is 5.60. The lowest BCUT2D eigenvalue weighted by Gasteiger charge is -2.39. The van der Waals surface area contributed by atoms with Gasteiger partial charge in [0.05, 0.1) is 12.5 Å². The normalized spacial score (nSPS) is 22.7. The van der Waals surface area contributed by atoms with Crippen LogP contribution in [0.5, 0.6) is 5.75 Å². The van der Waals surface area contributed by atoms with Crippen molar-refractivity contribution in [2.24, 2.45) is 5.41 Å². The first-order chi connectivity index (χ1) is 12.6. The van der Waals surface area contributed by atoms with Gasteiger partial charge in [0.25, 0.3) is 0 Å². The van der Waals surface area contributed by atoms with Crippen molar-refractivity contribution in [2.45, 2.75) is 38.6 Å². The smallest absolute Gasteiger partial charge is 0.230 e. The van der Waals surface area contributed by atoms with Crippen LogP contribution in [0.15, 0.2) is 36.9 Å². The zero-order chi connectivity index (χ0) is 18.6. The van der Waals surface area contributed by atoms with E-state index in [4.69, 9.17) is 4.74 Å². The maximum atomic E-state index is 13.2. The Hall–Kier alpha value is -2.30. The largest absolute Gasteiger partial charge is 0.497 e. The van der Waals surface area contributed by atoms with Gasteiger partial charge < -0.3 is 14.5 Å². The molecule has 0 aliphatic carbocycles. The van der Waals surface area contributed by atoms with Gasteiger partial charge in [0.15, 0.2) is 0 Å². The van der Waals surface area contributed by atoms with Crippen LogP contribution in [-0.2, 0) is 16.1 Å². The number of carbonyl (C=O) groups is 2. The SMILES string of the molecule is C=CCCC(=O)N1CC[C@]2(CCCN(Cc3cccc(OC)c3)C2=O)C1.